The summed E-state index contributed by atoms with van der Waals surface area (Å²) in [5.41, 5.74) is 0.795. The third-order valence-corrected chi connectivity index (χ3v) is 3.95. The van der Waals surface area contributed by atoms with E-state index in [0.717, 1.165) is 30.8 Å². The third kappa shape index (κ3) is 5.27. The number of nitrogens with one attached hydrogen (secondary N) is 1. The highest BCUT2D eigenvalue weighted by atomic mass is 16.5. The molecule has 1 aliphatic heterocycles. The third-order valence-electron chi connectivity index (χ3n) is 3.95. The summed E-state index contributed by atoms with van der Waals surface area (Å²) in [6, 6.07) is 7.51. The van der Waals surface area contributed by atoms with Gasteiger partial charge in [-0.05, 0) is 25.0 Å². The first kappa shape index (κ1) is 17.3. The van der Waals surface area contributed by atoms with Crippen molar-refractivity contribution in [3.05, 3.63) is 24.3 Å². The number of ether oxygens (including phenoxy) is 1. The first-order chi connectivity index (χ1) is 11.2. The maximum Gasteiger partial charge on any atom is 0.265 e. The van der Waals surface area contributed by atoms with Crippen LogP contribution in [0.25, 0.3) is 0 Å². The fourth-order valence-electron chi connectivity index (χ4n) is 2.66. The Kier molecular flexibility index (Phi) is 6.91. The molecule has 126 valence electrons. The average Bonchev–Trinajstić information content (AvgIpc) is 2.56. The number of anilines is 1. The smallest absolute Gasteiger partial charge is 0.265 e. The quantitative estimate of drug-likeness (QED) is 0.712. The maximum atomic E-state index is 12.0. The predicted octanol–water partition coefficient (Wildman–Crippen LogP) is 2.89. The van der Waals surface area contributed by atoms with E-state index in [4.69, 9.17) is 4.74 Å². The second kappa shape index (κ2) is 9.18. The molecule has 23 heavy (non-hydrogen) atoms. The summed E-state index contributed by atoms with van der Waals surface area (Å²) in [5, 5.41) is 2.94. The Bertz CT molecular complexity index is 531. The molecule has 0 saturated carbocycles. The van der Waals surface area contributed by atoms with Crippen LogP contribution in [0.3, 0.4) is 0 Å². The van der Waals surface area contributed by atoms with Gasteiger partial charge in [0, 0.05) is 19.5 Å². The van der Waals surface area contributed by atoms with Crippen molar-refractivity contribution in [2.45, 2.75) is 45.4 Å². The van der Waals surface area contributed by atoms with Crippen molar-refractivity contribution < 1.29 is 14.3 Å². The molecule has 0 spiro atoms. The van der Waals surface area contributed by atoms with Crippen LogP contribution in [0, 0.1) is 0 Å². The van der Waals surface area contributed by atoms with Crippen LogP contribution >= 0.6 is 0 Å². The number of hydrogen-bond acceptors (Lipinski definition) is 3. The van der Waals surface area contributed by atoms with Gasteiger partial charge in [-0.15, -0.1) is 0 Å². The van der Waals surface area contributed by atoms with Gasteiger partial charge in [-0.1, -0.05) is 38.3 Å². The van der Waals surface area contributed by atoms with Gasteiger partial charge in [-0.25, -0.2) is 0 Å². The van der Waals surface area contributed by atoms with Crippen molar-refractivity contribution in [3.8, 4) is 5.75 Å². The van der Waals surface area contributed by atoms with Gasteiger partial charge in [0.05, 0.1) is 5.69 Å². The fourth-order valence-corrected chi connectivity index (χ4v) is 2.66. The Morgan fingerprint density at radius 1 is 1.22 bits per heavy atom. The largest absolute Gasteiger partial charge is 0.482 e. The highest BCUT2D eigenvalue weighted by Gasteiger charge is 2.24. The minimum Gasteiger partial charge on any atom is -0.482 e. The number of amides is 2. The molecule has 2 rings (SSSR count). The van der Waals surface area contributed by atoms with Crippen LogP contribution in [-0.4, -0.2) is 31.5 Å². The van der Waals surface area contributed by atoms with E-state index in [1.165, 1.54) is 12.8 Å². The summed E-state index contributed by atoms with van der Waals surface area (Å²) >= 11 is 0. The van der Waals surface area contributed by atoms with Crippen LogP contribution in [0.1, 0.15) is 45.4 Å². The molecule has 0 fully saturated rings. The van der Waals surface area contributed by atoms with Gasteiger partial charge in [-0.3, -0.25) is 9.59 Å². The van der Waals surface area contributed by atoms with Crippen molar-refractivity contribution in [2.75, 3.05) is 24.6 Å². The maximum absolute atomic E-state index is 12.0. The zero-order valence-electron chi connectivity index (χ0n) is 13.8. The lowest BCUT2D eigenvalue weighted by Gasteiger charge is -2.29. The van der Waals surface area contributed by atoms with Crippen molar-refractivity contribution in [1.82, 2.24) is 5.32 Å². The van der Waals surface area contributed by atoms with E-state index in [1.54, 1.807) is 4.90 Å². The minimum absolute atomic E-state index is 0.0522. The van der Waals surface area contributed by atoms with Gasteiger partial charge in [-0.2, -0.15) is 0 Å². The Hall–Kier alpha value is -2.04. The van der Waals surface area contributed by atoms with E-state index >= 15 is 0 Å². The number of carbonyl (C=O) groups is 2. The van der Waals surface area contributed by atoms with E-state index in [0.29, 0.717) is 19.4 Å². The zero-order valence-corrected chi connectivity index (χ0v) is 13.8. The van der Waals surface area contributed by atoms with E-state index in [-0.39, 0.29) is 18.4 Å². The zero-order chi connectivity index (χ0) is 16.5. The molecule has 1 aliphatic rings. The van der Waals surface area contributed by atoms with Crippen LogP contribution in [0.15, 0.2) is 24.3 Å². The highest BCUT2D eigenvalue weighted by molar-refractivity contribution is 5.97. The molecule has 1 aromatic rings. The summed E-state index contributed by atoms with van der Waals surface area (Å²) < 4.78 is 5.41. The lowest BCUT2D eigenvalue weighted by Crippen LogP contribution is -2.39. The number of hydrogen-bond donors (Lipinski definition) is 1. The molecule has 0 aromatic heterocycles. The topological polar surface area (TPSA) is 58.6 Å². The van der Waals surface area contributed by atoms with E-state index in [2.05, 4.69) is 12.2 Å². The van der Waals surface area contributed by atoms with E-state index in [9.17, 15) is 9.59 Å². The summed E-state index contributed by atoms with van der Waals surface area (Å²) in [5.74, 6) is 0.742. The van der Waals surface area contributed by atoms with Crippen LogP contribution in [0.4, 0.5) is 5.69 Å². The van der Waals surface area contributed by atoms with Crippen LogP contribution in [0.2, 0.25) is 0 Å². The molecule has 0 aliphatic carbocycles. The number of carbonyl (C=O) groups excluding carboxylic acids is 2. The molecule has 1 N–H and O–H groups in total. The van der Waals surface area contributed by atoms with Gasteiger partial charge < -0.3 is 15.0 Å². The number of benzene rings is 1. The number of fused-ring (bicyclic) bond motifs is 1. The highest BCUT2D eigenvalue weighted by Crippen LogP contribution is 2.31. The van der Waals surface area contributed by atoms with Crippen LogP contribution in [-0.2, 0) is 9.59 Å². The lowest BCUT2D eigenvalue weighted by atomic mass is 10.2. The number of rotatable bonds is 9. The van der Waals surface area contributed by atoms with Gasteiger partial charge in [0.2, 0.25) is 5.91 Å². The number of unbranched alkanes of at least 4 members (excludes halogenated alkanes) is 3. The molecule has 0 saturated heterocycles. The van der Waals surface area contributed by atoms with E-state index < -0.39 is 0 Å². The van der Waals surface area contributed by atoms with Crippen molar-refractivity contribution >= 4 is 17.5 Å². The second-order valence-electron chi connectivity index (χ2n) is 5.82. The normalized spacial score (nSPS) is 13.4. The molecule has 0 bridgehead atoms. The molecule has 0 unspecified atom stereocenters. The molecule has 2 amide bonds. The van der Waals surface area contributed by atoms with Gasteiger partial charge in [0.15, 0.2) is 6.61 Å². The minimum atomic E-state index is -0.0522. The van der Waals surface area contributed by atoms with Crippen molar-refractivity contribution in [1.29, 1.82) is 0 Å². The molecular weight excluding hydrogens is 292 g/mol. The number of nitrogens with zero attached hydrogens (tertiary/aromatic N) is 1. The van der Waals surface area contributed by atoms with Crippen molar-refractivity contribution in [2.24, 2.45) is 0 Å². The summed E-state index contributed by atoms with van der Waals surface area (Å²) in [4.78, 5) is 25.5. The van der Waals surface area contributed by atoms with E-state index in [1.807, 2.05) is 24.3 Å². The van der Waals surface area contributed by atoms with Gasteiger partial charge in [0.25, 0.3) is 5.91 Å². The summed E-state index contributed by atoms with van der Waals surface area (Å²) in [6.07, 6.45) is 5.71. The van der Waals surface area contributed by atoms with Crippen LogP contribution in [0.5, 0.6) is 5.75 Å². The first-order valence-corrected chi connectivity index (χ1v) is 8.51. The Morgan fingerprint density at radius 2 is 2.04 bits per heavy atom. The average molecular weight is 318 g/mol. The first-order valence-electron chi connectivity index (χ1n) is 8.51. The Balaban J connectivity index is 1.71. The summed E-state index contributed by atoms with van der Waals surface area (Å²) in [7, 11) is 0. The Labute approximate surface area is 138 Å². The second-order valence-corrected chi connectivity index (χ2v) is 5.82. The standard InChI is InChI=1S/C18H26N2O3/c1-2-3-4-7-12-19-17(21)11-8-13-20-15-9-5-6-10-16(15)23-14-18(20)22/h5-6,9-10H,2-4,7-8,11-14H2,1H3,(H,19,21). The molecule has 5 heteroatoms. The molecule has 5 nitrogen and oxygen atoms in total. The van der Waals surface area contributed by atoms with Crippen molar-refractivity contribution in [3.63, 3.8) is 0 Å². The molecule has 1 heterocycles. The fraction of sp³-hybridized carbons (Fsp3) is 0.556. The monoisotopic (exact) mass is 318 g/mol. The SMILES string of the molecule is CCCCCCNC(=O)CCCN1C(=O)COc2ccccc21. The predicted molar refractivity (Wildman–Crippen MR) is 90.7 cm³/mol. The lowest BCUT2D eigenvalue weighted by molar-refractivity contribution is -0.122. The molecular formula is C18H26N2O3. The van der Waals surface area contributed by atoms with Gasteiger partial charge >= 0.3 is 0 Å². The molecule has 0 atom stereocenters. The summed E-state index contributed by atoms with van der Waals surface area (Å²) in [6.45, 7) is 3.53. The molecule has 1 aromatic carbocycles. The Morgan fingerprint density at radius 3 is 2.87 bits per heavy atom. The molecule has 0 radical (unpaired) electrons. The number of para-hydroxylation sites is 2. The van der Waals surface area contributed by atoms with Gasteiger partial charge in [0.1, 0.15) is 5.75 Å². The van der Waals surface area contributed by atoms with Crippen LogP contribution < -0.4 is 15.0 Å².